The quantitative estimate of drug-likeness (QED) is 0.278. The monoisotopic (exact) mass is 474 g/mol. The molecule has 1 heterocycles. The first-order valence-corrected chi connectivity index (χ1v) is 9.69. The summed E-state index contributed by atoms with van der Waals surface area (Å²) in [5.74, 6) is -2.29. The highest BCUT2D eigenvalue weighted by Crippen LogP contribution is 2.34. The van der Waals surface area contributed by atoms with E-state index in [1.54, 1.807) is 12.1 Å². The number of carbonyl (C=O) groups excluding carboxylic acids is 2. The van der Waals surface area contributed by atoms with Crippen LogP contribution in [0.3, 0.4) is 0 Å². The molecule has 11 heteroatoms. The average Bonchev–Trinajstić information content (AvgIpc) is 3.14. The topological polar surface area (TPSA) is 100 Å². The Balaban J connectivity index is 1.56. The molecule has 34 heavy (non-hydrogen) atoms. The van der Waals surface area contributed by atoms with E-state index in [9.17, 15) is 31.5 Å². The number of fused-ring (bicyclic) bond motifs is 1. The van der Waals surface area contributed by atoms with Crippen LogP contribution in [-0.2, 0) is 6.18 Å². The van der Waals surface area contributed by atoms with E-state index in [2.05, 4.69) is 10.3 Å². The smallest absolute Gasteiger partial charge is 0.364 e. The van der Waals surface area contributed by atoms with Gasteiger partial charge in [0.1, 0.15) is 17.3 Å². The largest absolute Gasteiger partial charge is 0.416 e. The molecule has 0 saturated heterocycles. The Labute approximate surface area is 188 Å². The number of hydrogen-bond acceptors (Lipinski definition) is 2. The van der Waals surface area contributed by atoms with Crippen LogP contribution < -0.4 is 16.4 Å². The molecule has 5 N–H and O–H groups in total. The standard InChI is InChI=1S/C23H15F5N4O2/c24-13-4-7-15-17(10-13)31-20(21(29)33)19(15)11-1-5-14(6-2-11)30-22(34)32-18-9-12(23(26,27)28)3-8-16(18)25/h1-10,31H,(H2,29,33)(H2,30,32,34). The van der Waals surface area contributed by atoms with Gasteiger partial charge in [-0.25, -0.2) is 13.6 Å². The van der Waals surface area contributed by atoms with Gasteiger partial charge >= 0.3 is 12.2 Å². The second-order valence-corrected chi connectivity index (χ2v) is 7.28. The molecule has 0 fully saturated rings. The molecule has 0 bridgehead atoms. The number of alkyl halides is 3. The Morgan fingerprint density at radius 1 is 0.882 bits per heavy atom. The van der Waals surface area contributed by atoms with Crippen LogP contribution >= 0.6 is 0 Å². The molecule has 4 aromatic rings. The molecule has 0 radical (unpaired) electrons. The number of carbonyl (C=O) groups is 2. The highest BCUT2D eigenvalue weighted by Gasteiger charge is 2.31. The molecule has 0 aliphatic heterocycles. The number of aromatic nitrogens is 1. The molecule has 0 unspecified atom stereocenters. The van der Waals surface area contributed by atoms with Crippen LogP contribution in [0, 0.1) is 11.6 Å². The summed E-state index contributed by atoms with van der Waals surface area (Å²) in [6.45, 7) is 0. The number of benzene rings is 3. The van der Waals surface area contributed by atoms with Crippen molar-refractivity contribution < 1.29 is 31.5 Å². The number of amides is 3. The Morgan fingerprint density at radius 3 is 2.24 bits per heavy atom. The fraction of sp³-hybridized carbons (Fsp3) is 0.0435. The molecule has 0 atom stereocenters. The first-order valence-electron chi connectivity index (χ1n) is 9.69. The molecular formula is C23H15F5N4O2. The first kappa shape index (κ1) is 22.8. The highest BCUT2D eigenvalue weighted by molar-refractivity contribution is 6.09. The summed E-state index contributed by atoms with van der Waals surface area (Å²) in [7, 11) is 0. The van der Waals surface area contributed by atoms with Crippen LogP contribution in [0.4, 0.5) is 38.1 Å². The average molecular weight is 474 g/mol. The van der Waals surface area contributed by atoms with Gasteiger partial charge in [-0.05, 0) is 54.1 Å². The summed E-state index contributed by atoms with van der Waals surface area (Å²) < 4.78 is 65.9. The fourth-order valence-corrected chi connectivity index (χ4v) is 3.46. The third-order valence-corrected chi connectivity index (χ3v) is 4.98. The second-order valence-electron chi connectivity index (χ2n) is 7.28. The third kappa shape index (κ3) is 4.53. The zero-order chi connectivity index (χ0) is 24.6. The normalized spacial score (nSPS) is 11.4. The number of H-pyrrole nitrogens is 1. The number of urea groups is 1. The van der Waals surface area contributed by atoms with Gasteiger partial charge in [0, 0.05) is 22.2 Å². The van der Waals surface area contributed by atoms with Crippen molar-refractivity contribution in [3.8, 4) is 11.1 Å². The van der Waals surface area contributed by atoms with E-state index in [0.29, 0.717) is 40.2 Å². The van der Waals surface area contributed by atoms with Crippen LogP contribution in [-0.4, -0.2) is 16.9 Å². The Hall–Kier alpha value is -4.41. The molecule has 4 rings (SSSR count). The Morgan fingerprint density at radius 2 is 1.59 bits per heavy atom. The van der Waals surface area contributed by atoms with Gasteiger partial charge in [-0.15, -0.1) is 0 Å². The second kappa shape index (κ2) is 8.50. The number of halogens is 5. The van der Waals surface area contributed by atoms with Crippen molar-refractivity contribution in [1.82, 2.24) is 4.98 Å². The van der Waals surface area contributed by atoms with Crippen LogP contribution in [0.5, 0.6) is 0 Å². The lowest BCUT2D eigenvalue weighted by molar-refractivity contribution is -0.137. The Bertz CT molecular complexity index is 1410. The SMILES string of the molecule is NC(=O)c1[nH]c2cc(F)ccc2c1-c1ccc(NC(=O)Nc2cc(C(F)(F)F)ccc2F)cc1. The van der Waals surface area contributed by atoms with Gasteiger partial charge in [0.15, 0.2) is 0 Å². The van der Waals surface area contributed by atoms with E-state index in [0.717, 1.165) is 0 Å². The van der Waals surface area contributed by atoms with Crippen molar-refractivity contribution in [2.75, 3.05) is 10.6 Å². The Kier molecular flexibility index (Phi) is 5.70. The lowest BCUT2D eigenvalue weighted by Gasteiger charge is -2.12. The summed E-state index contributed by atoms with van der Waals surface area (Å²) >= 11 is 0. The van der Waals surface area contributed by atoms with Crippen molar-refractivity contribution in [2.45, 2.75) is 6.18 Å². The molecule has 3 amide bonds. The maximum Gasteiger partial charge on any atom is 0.416 e. The van der Waals surface area contributed by atoms with Crippen molar-refractivity contribution in [1.29, 1.82) is 0 Å². The molecule has 0 aliphatic rings. The van der Waals surface area contributed by atoms with Gasteiger partial charge in [0.25, 0.3) is 5.91 Å². The lowest BCUT2D eigenvalue weighted by atomic mass is 10.0. The van der Waals surface area contributed by atoms with Crippen LogP contribution in [0.15, 0.2) is 60.7 Å². The number of nitrogens with one attached hydrogen (secondary N) is 3. The van der Waals surface area contributed by atoms with Crippen LogP contribution in [0.2, 0.25) is 0 Å². The summed E-state index contributed by atoms with van der Waals surface area (Å²) in [6, 6.07) is 10.7. The fourth-order valence-electron chi connectivity index (χ4n) is 3.46. The molecular weight excluding hydrogens is 459 g/mol. The number of aromatic amines is 1. The zero-order valence-electron chi connectivity index (χ0n) is 17.1. The van der Waals surface area contributed by atoms with Gasteiger partial charge < -0.3 is 21.4 Å². The van der Waals surface area contributed by atoms with E-state index in [1.807, 2.05) is 5.32 Å². The van der Waals surface area contributed by atoms with Crippen molar-refractivity contribution >= 4 is 34.2 Å². The summed E-state index contributed by atoms with van der Waals surface area (Å²) in [4.78, 5) is 26.9. The van der Waals surface area contributed by atoms with E-state index in [-0.39, 0.29) is 11.4 Å². The molecule has 174 valence electrons. The molecule has 6 nitrogen and oxygen atoms in total. The van der Waals surface area contributed by atoms with Crippen molar-refractivity contribution in [2.24, 2.45) is 5.73 Å². The van der Waals surface area contributed by atoms with Crippen molar-refractivity contribution in [3.63, 3.8) is 0 Å². The van der Waals surface area contributed by atoms with Crippen molar-refractivity contribution in [3.05, 3.63) is 83.6 Å². The van der Waals surface area contributed by atoms with Gasteiger partial charge in [-0.1, -0.05) is 12.1 Å². The van der Waals surface area contributed by atoms with E-state index in [1.165, 1.54) is 30.3 Å². The maximum absolute atomic E-state index is 13.8. The summed E-state index contributed by atoms with van der Waals surface area (Å²) in [5, 5.41) is 4.97. The van der Waals surface area contributed by atoms with Gasteiger partial charge in [-0.3, -0.25) is 4.79 Å². The van der Waals surface area contributed by atoms with E-state index < -0.39 is 41.0 Å². The molecule has 0 saturated carbocycles. The minimum Gasteiger partial charge on any atom is -0.364 e. The van der Waals surface area contributed by atoms with Gasteiger partial charge in [0.05, 0.1) is 11.3 Å². The number of nitrogens with two attached hydrogens (primary N) is 1. The van der Waals surface area contributed by atoms with E-state index in [4.69, 9.17) is 5.73 Å². The van der Waals surface area contributed by atoms with E-state index >= 15 is 0 Å². The number of rotatable bonds is 4. The van der Waals surface area contributed by atoms with Gasteiger partial charge in [-0.2, -0.15) is 13.2 Å². The number of primary amides is 1. The first-order chi connectivity index (χ1) is 16.0. The zero-order valence-corrected chi connectivity index (χ0v) is 17.1. The molecule has 0 spiro atoms. The highest BCUT2D eigenvalue weighted by atomic mass is 19.4. The predicted molar refractivity (Wildman–Crippen MR) is 116 cm³/mol. The molecule has 3 aromatic carbocycles. The third-order valence-electron chi connectivity index (χ3n) is 4.98. The predicted octanol–water partition coefficient (Wildman–Crippen LogP) is 5.87. The number of hydrogen-bond donors (Lipinski definition) is 4. The number of anilines is 2. The molecule has 1 aromatic heterocycles. The minimum atomic E-state index is -4.70. The molecule has 0 aliphatic carbocycles. The maximum atomic E-state index is 13.8. The minimum absolute atomic E-state index is 0.0686. The summed E-state index contributed by atoms with van der Waals surface area (Å²) in [5.41, 5.74) is 5.33. The van der Waals surface area contributed by atoms with Crippen LogP contribution in [0.25, 0.3) is 22.0 Å². The van der Waals surface area contributed by atoms with Crippen LogP contribution in [0.1, 0.15) is 16.1 Å². The lowest BCUT2D eigenvalue weighted by Crippen LogP contribution is -2.20. The summed E-state index contributed by atoms with van der Waals surface area (Å²) in [6.07, 6.45) is -4.70. The van der Waals surface area contributed by atoms with Gasteiger partial charge in [0.2, 0.25) is 0 Å².